The van der Waals surface area contributed by atoms with Crippen LogP contribution in [0.1, 0.15) is 25.8 Å². The first-order valence-electron chi connectivity index (χ1n) is 11.3. The number of nitrogens with zero attached hydrogens (tertiary/aromatic N) is 3. The van der Waals surface area contributed by atoms with E-state index < -0.39 is 28.0 Å². The Bertz CT molecular complexity index is 1240. The number of carbonyl (C=O) groups excluding carboxylic acids is 2. The molecule has 11 heteroatoms. The number of amides is 2. The lowest BCUT2D eigenvalue weighted by molar-refractivity contribution is -0.166. The van der Waals surface area contributed by atoms with E-state index in [4.69, 9.17) is 16.3 Å². The highest BCUT2D eigenvalue weighted by Crippen LogP contribution is 2.35. The Morgan fingerprint density at radius 2 is 1.83 bits per heavy atom. The number of piperazine rings is 1. The van der Waals surface area contributed by atoms with Crippen molar-refractivity contribution in [2.75, 3.05) is 20.2 Å². The van der Waals surface area contributed by atoms with Crippen LogP contribution < -0.4 is 4.74 Å². The van der Waals surface area contributed by atoms with Crippen LogP contribution in [0.5, 0.6) is 5.75 Å². The Labute approximate surface area is 209 Å². The van der Waals surface area contributed by atoms with Gasteiger partial charge in [-0.25, -0.2) is 12.8 Å². The smallest absolute Gasteiger partial charge is 0.248 e. The van der Waals surface area contributed by atoms with E-state index in [-0.39, 0.29) is 59.5 Å². The molecule has 2 aromatic carbocycles. The minimum Gasteiger partial charge on any atom is -0.495 e. The molecule has 2 fully saturated rings. The van der Waals surface area contributed by atoms with Crippen molar-refractivity contribution in [3.63, 3.8) is 0 Å². The van der Waals surface area contributed by atoms with E-state index in [1.54, 1.807) is 17.0 Å². The molecule has 2 unspecified atom stereocenters. The second kappa shape index (κ2) is 9.75. The molecule has 0 radical (unpaired) electrons. The Hall–Kier alpha value is -2.69. The summed E-state index contributed by atoms with van der Waals surface area (Å²) in [5.41, 5.74) is 0.665. The quantitative estimate of drug-likeness (QED) is 0.581. The Balaban J connectivity index is 1.78. The van der Waals surface area contributed by atoms with Gasteiger partial charge in [-0.3, -0.25) is 9.59 Å². The third kappa shape index (κ3) is 4.74. The maximum Gasteiger partial charge on any atom is 0.248 e. The topological polar surface area (TPSA) is 87.2 Å². The number of hydrogen-bond donors (Lipinski definition) is 0. The van der Waals surface area contributed by atoms with E-state index in [1.165, 1.54) is 46.6 Å². The number of benzene rings is 2. The molecule has 2 heterocycles. The van der Waals surface area contributed by atoms with Crippen LogP contribution in [0.4, 0.5) is 4.39 Å². The van der Waals surface area contributed by atoms with Crippen LogP contribution in [0.3, 0.4) is 0 Å². The molecule has 0 saturated carbocycles. The summed E-state index contributed by atoms with van der Waals surface area (Å²) in [6, 6.07) is 8.89. The molecule has 0 bridgehead atoms. The average molecular weight is 524 g/mol. The average Bonchev–Trinajstić information content (AvgIpc) is 2.81. The summed E-state index contributed by atoms with van der Waals surface area (Å²) in [6.45, 7) is 3.67. The summed E-state index contributed by atoms with van der Waals surface area (Å²) in [6.07, 6.45) is -0.845. The molecule has 0 aliphatic carbocycles. The van der Waals surface area contributed by atoms with E-state index >= 15 is 0 Å². The minimum absolute atomic E-state index is 0.0320. The molecule has 2 aromatic rings. The highest BCUT2D eigenvalue weighted by atomic mass is 35.5. The monoisotopic (exact) mass is 523 g/mol. The van der Waals surface area contributed by atoms with Gasteiger partial charge in [0.15, 0.2) is 0 Å². The Kier molecular flexibility index (Phi) is 7.08. The van der Waals surface area contributed by atoms with Gasteiger partial charge in [0, 0.05) is 30.5 Å². The van der Waals surface area contributed by atoms with Crippen molar-refractivity contribution in [2.24, 2.45) is 0 Å². The van der Waals surface area contributed by atoms with Crippen LogP contribution in [-0.4, -0.2) is 72.8 Å². The van der Waals surface area contributed by atoms with Gasteiger partial charge in [0.05, 0.1) is 13.7 Å². The van der Waals surface area contributed by atoms with Gasteiger partial charge in [-0.1, -0.05) is 23.7 Å². The molecule has 0 spiro atoms. The van der Waals surface area contributed by atoms with Crippen molar-refractivity contribution < 1.29 is 27.1 Å². The zero-order valence-electron chi connectivity index (χ0n) is 19.6. The van der Waals surface area contributed by atoms with Crippen molar-refractivity contribution in [1.82, 2.24) is 14.1 Å². The van der Waals surface area contributed by atoms with Gasteiger partial charge in [-0.2, -0.15) is 4.31 Å². The minimum atomic E-state index is -4.15. The van der Waals surface area contributed by atoms with Crippen LogP contribution >= 0.6 is 11.6 Å². The molecule has 8 nitrogen and oxygen atoms in total. The van der Waals surface area contributed by atoms with Gasteiger partial charge < -0.3 is 14.5 Å². The predicted octanol–water partition coefficient (Wildman–Crippen LogP) is 2.90. The number of carbonyl (C=O) groups is 2. The third-order valence-corrected chi connectivity index (χ3v) is 8.58. The van der Waals surface area contributed by atoms with Crippen molar-refractivity contribution in [3.05, 3.63) is 58.9 Å². The second-order valence-electron chi connectivity index (χ2n) is 8.87. The fraction of sp³-hybridized carbons (Fsp3) is 0.417. The van der Waals surface area contributed by atoms with Gasteiger partial charge in [-0.15, -0.1) is 0 Å². The summed E-state index contributed by atoms with van der Waals surface area (Å²) in [5.74, 6) is -0.850. The molecular formula is C24H27ClFN3O5S. The molecule has 2 aliphatic heterocycles. The number of halogens is 2. The molecule has 35 heavy (non-hydrogen) atoms. The zero-order valence-corrected chi connectivity index (χ0v) is 21.2. The van der Waals surface area contributed by atoms with E-state index in [1.807, 2.05) is 13.8 Å². The number of ether oxygens (including phenoxy) is 1. The number of methoxy groups -OCH3 is 1. The number of hydrogen-bond acceptors (Lipinski definition) is 5. The van der Waals surface area contributed by atoms with Gasteiger partial charge in [-0.05, 0) is 49.7 Å². The third-order valence-electron chi connectivity index (χ3n) is 6.43. The molecule has 2 aliphatic rings. The fourth-order valence-electron chi connectivity index (χ4n) is 4.68. The summed E-state index contributed by atoms with van der Waals surface area (Å²) >= 11 is 6.11. The largest absolute Gasteiger partial charge is 0.495 e. The second-order valence-corrected chi connectivity index (χ2v) is 11.2. The van der Waals surface area contributed by atoms with Crippen molar-refractivity contribution in [1.29, 1.82) is 0 Å². The van der Waals surface area contributed by atoms with Gasteiger partial charge in [0.1, 0.15) is 28.7 Å². The van der Waals surface area contributed by atoms with Crippen molar-refractivity contribution >= 4 is 33.4 Å². The molecule has 188 valence electrons. The van der Waals surface area contributed by atoms with Crippen LogP contribution in [0.15, 0.2) is 47.4 Å². The summed E-state index contributed by atoms with van der Waals surface area (Å²) in [7, 11) is -2.78. The maximum atomic E-state index is 13.8. The van der Waals surface area contributed by atoms with E-state index in [2.05, 4.69) is 0 Å². The Morgan fingerprint density at radius 3 is 2.46 bits per heavy atom. The van der Waals surface area contributed by atoms with Crippen LogP contribution in [0, 0.1) is 5.82 Å². The van der Waals surface area contributed by atoms with Gasteiger partial charge >= 0.3 is 0 Å². The van der Waals surface area contributed by atoms with Crippen LogP contribution in [0.25, 0.3) is 0 Å². The van der Waals surface area contributed by atoms with Gasteiger partial charge in [0.2, 0.25) is 21.8 Å². The summed E-state index contributed by atoms with van der Waals surface area (Å²) in [5, 5.41) is 0.228. The normalized spacial score (nSPS) is 21.4. The molecule has 0 aromatic heterocycles. The maximum absolute atomic E-state index is 13.8. The zero-order chi connectivity index (χ0) is 25.5. The standard InChI is InChI=1S/C24H27ClFN3O5S/c1-15(2)27-14-22-28(35(32,33)21-13-17(25)6-9-20(21)34-3)11-10-23(30)29(22)19(24(27)31)12-16-4-7-18(26)8-5-16/h4-9,13,15,19,22H,10-12,14H2,1-3H3. The highest BCUT2D eigenvalue weighted by molar-refractivity contribution is 7.89. The lowest BCUT2D eigenvalue weighted by Crippen LogP contribution is -2.72. The molecule has 2 atom stereocenters. The molecule has 2 saturated heterocycles. The first-order chi connectivity index (χ1) is 16.5. The van der Waals surface area contributed by atoms with Crippen LogP contribution in [-0.2, 0) is 26.0 Å². The molecule has 2 amide bonds. The number of fused-ring (bicyclic) bond motifs is 1. The first kappa shape index (κ1) is 25.4. The van der Waals surface area contributed by atoms with Crippen molar-refractivity contribution in [3.8, 4) is 5.75 Å². The predicted molar refractivity (Wildman–Crippen MR) is 128 cm³/mol. The summed E-state index contributed by atoms with van der Waals surface area (Å²) < 4.78 is 47.7. The lowest BCUT2D eigenvalue weighted by Gasteiger charge is -2.52. The first-order valence-corrected chi connectivity index (χ1v) is 13.1. The van der Waals surface area contributed by atoms with E-state index in [9.17, 15) is 22.4 Å². The molecular weight excluding hydrogens is 497 g/mol. The summed E-state index contributed by atoms with van der Waals surface area (Å²) in [4.78, 5) is 29.4. The highest BCUT2D eigenvalue weighted by Gasteiger charge is 2.51. The fourth-order valence-corrected chi connectivity index (χ4v) is 6.67. The Morgan fingerprint density at radius 1 is 1.14 bits per heavy atom. The SMILES string of the molecule is COc1ccc(Cl)cc1S(=O)(=O)N1CCC(=O)N2C(Cc3ccc(F)cc3)C(=O)N(C(C)C)CC21. The number of sulfonamides is 1. The lowest BCUT2D eigenvalue weighted by atomic mass is 9.97. The molecule has 4 rings (SSSR count). The van der Waals surface area contributed by atoms with E-state index in [0.29, 0.717) is 5.56 Å². The van der Waals surface area contributed by atoms with Crippen molar-refractivity contribution in [2.45, 2.75) is 49.8 Å². The van der Waals surface area contributed by atoms with Gasteiger partial charge in [0.25, 0.3) is 0 Å². The van der Waals surface area contributed by atoms with Crippen LogP contribution in [0.2, 0.25) is 5.02 Å². The van der Waals surface area contributed by atoms with E-state index in [0.717, 1.165) is 0 Å². The number of rotatable bonds is 6. The molecule has 0 N–H and O–H groups in total.